The van der Waals surface area contributed by atoms with Crippen LogP contribution in [-0.2, 0) is 9.47 Å². The number of rotatable bonds is 2. The van der Waals surface area contributed by atoms with Crippen molar-refractivity contribution in [2.75, 3.05) is 12.3 Å². The van der Waals surface area contributed by atoms with Gasteiger partial charge in [0.25, 0.3) is 0 Å². The van der Waals surface area contributed by atoms with E-state index in [2.05, 4.69) is 4.98 Å². The molecule has 1 aromatic rings. The molecular formula is C9H11N3O4. The fourth-order valence-electron chi connectivity index (χ4n) is 1.99. The first-order valence-corrected chi connectivity index (χ1v) is 4.97. The van der Waals surface area contributed by atoms with Gasteiger partial charge in [-0.15, -0.1) is 0 Å². The second-order valence-electron chi connectivity index (χ2n) is 3.86. The fourth-order valence-corrected chi connectivity index (χ4v) is 1.99. The van der Waals surface area contributed by atoms with Gasteiger partial charge in [0.1, 0.15) is 24.1 Å². The molecule has 0 spiro atoms. The lowest BCUT2D eigenvalue weighted by molar-refractivity contribution is -0.0855. The molecule has 4 atom stereocenters. The standard InChI is InChI=1S/C9H11N3O4/c10-5-1-2-12(9(14)11-5)8-7-6(16-7)4(3-13)15-8/h1-2,4,6-8,13H,3H2,(H2,10,11,14)/t4-,6?,7?,8-/m1/s1. The molecular weight excluding hydrogens is 214 g/mol. The maximum absolute atomic E-state index is 11.6. The number of nitrogens with zero attached hydrogens (tertiary/aromatic N) is 2. The van der Waals surface area contributed by atoms with E-state index in [-0.39, 0.29) is 30.7 Å². The average molecular weight is 225 g/mol. The molecule has 2 aliphatic rings. The Morgan fingerprint density at radius 1 is 1.50 bits per heavy atom. The minimum atomic E-state index is -0.511. The number of aliphatic hydroxyl groups is 1. The van der Waals surface area contributed by atoms with E-state index in [9.17, 15) is 4.79 Å². The van der Waals surface area contributed by atoms with Crippen molar-refractivity contribution in [3.8, 4) is 0 Å². The van der Waals surface area contributed by atoms with E-state index in [0.29, 0.717) is 0 Å². The maximum Gasteiger partial charge on any atom is 0.351 e. The molecule has 0 bridgehead atoms. The van der Waals surface area contributed by atoms with E-state index < -0.39 is 11.9 Å². The summed E-state index contributed by atoms with van der Waals surface area (Å²) >= 11 is 0. The number of nitrogen functional groups attached to an aromatic ring is 1. The Labute approximate surface area is 90.4 Å². The van der Waals surface area contributed by atoms with Crippen LogP contribution in [0.3, 0.4) is 0 Å². The number of hydrogen-bond acceptors (Lipinski definition) is 6. The second-order valence-corrected chi connectivity index (χ2v) is 3.86. The third-order valence-corrected chi connectivity index (χ3v) is 2.83. The maximum atomic E-state index is 11.6. The van der Waals surface area contributed by atoms with Gasteiger partial charge in [-0.1, -0.05) is 0 Å². The van der Waals surface area contributed by atoms with Gasteiger partial charge in [0, 0.05) is 6.20 Å². The highest BCUT2D eigenvalue weighted by Crippen LogP contribution is 2.43. The Balaban J connectivity index is 1.91. The lowest BCUT2D eigenvalue weighted by Gasteiger charge is -2.17. The van der Waals surface area contributed by atoms with Crippen LogP contribution in [0.4, 0.5) is 5.82 Å². The predicted molar refractivity (Wildman–Crippen MR) is 52.6 cm³/mol. The van der Waals surface area contributed by atoms with Crippen molar-refractivity contribution in [3.63, 3.8) is 0 Å². The van der Waals surface area contributed by atoms with Gasteiger partial charge in [-0.3, -0.25) is 4.57 Å². The molecule has 3 heterocycles. The molecule has 0 amide bonds. The summed E-state index contributed by atoms with van der Waals surface area (Å²) in [6.45, 7) is -0.116. The van der Waals surface area contributed by atoms with Crippen LogP contribution >= 0.6 is 0 Å². The van der Waals surface area contributed by atoms with Crippen molar-refractivity contribution in [2.24, 2.45) is 0 Å². The van der Waals surface area contributed by atoms with E-state index >= 15 is 0 Å². The van der Waals surface area contributed by atoms with E-state index in [1.54, 1.807) is 0 Å². The summed E-state index contributed by atoms with van der Waals surface area (Å²) in [5.74, 6) is 0.172. The van der Waals surface area contributed by atoms with E-state index in [0.717, 1.165) is 0 Å². The Morgan fingerprint density at radius 3 is 2.94 bits per heavy atom. The van der Waals surface area contributed by atoms with Crippen LogP contribution in [0.2, 0.25) is 0 Å². The highest BCUT2D eigenvalue weighted by molar-refractivity contribution is 5.23. The monoisotopic (exact) mass is 225 g/mol. The summed E-state index contributed by atoms with van der Waals surface area (Å²) in [5.41, 5.74) is 4.91. The topological polar surface area (TPSA) is 103 Å². The number of hydrogen-bond donors (Lipinski definition) is 2. The van der Waals surface area contributed by atoms with Crippen LogP contribution in [0, 0.1) is 0 Å². The van der Waals surface area contributed by atoms with Gasteiger partial charge in [0.2, 0.25) is 0 Å². The molecule has 16 heavy (non-hydrogen) atoms. The lowest BCUT2D eigenvalue weighted by Crippen LogP contribution is -2.31. The van der Waals surface area contributed by atoms with Gasteiger partial charge >= 0.3 is 5.69 Å². The zero-order valence-electron chi connectivity index (χ0n) is 8.31. The SMILES string of the molecule is Nc1ccn([C@@H]2O[C@H](CO)C3OC32)c(=O)n1. The third-order valence-electron chi connectivity index (χ3n) is 2.83. The molecule has 2 aliphatic heterocycles. The number of ether oxygens (including phenoxy) is 2. The summed E-state index contributed by atoms with van der Waals surface area (Å²) in [6.07, 6.45) is 0.371. The predicted octanol–water partition coefficient (Wildman–Crippen LogP) is -1.52. The molecule has 2 unspecified atom stereocenters. The summed E-state index contributed by atoms with van der Waals surface area (Å²) in [4.78, 5) is 15.2. The molecule has 0 saturated carbocycles. The van der Waals surface area contributed by atoms with E-state index in [1.807, 2.05) is 0 Å². The minimum Gasteiger partial charge on any atom is -0.394 e. The van der Waals surface area contributed by atoms with Crippen LogP contribution in [-0.4, -0.2) is 39.6 Å². The number of fused-ring (bicyclic) bond motifs is 1. The Morgan fingerprint density at radius 2 is 2.31 bits per heavy atom. The summed E-state index contributed by atoms with van der Waals surface area (Å²) < 4.78 is 12.1. The Hall–Kier alpha value is -1.44. The third kappa shape index (κ3) is 1.33. The van der Waals surface area contributed by atoms with Crippen LogP contribution in [0.25, 0.3) is 0 Å². The van der Waals surface area contributed by atoms with Crippen molar-refractivity contribution >= 4 is 5.82 Å². The molecule has 1 aromatic heterocycles. The highest BCUT2D eigenvalue weighted by atomic mass is 16.7. The van der Waals surface area contributed by atoms with Crippen LogP contribution in [0.5, 0.6) is 0 Å². The average Bonchev–Trinajstić information content (AvgIpc) is 2.96. The molecule has 3 N–H and O–H groups in total. The fraction of sp³-hybridized carbons (Fsp3) is 0.556. The van der Waals surface area contributed by atoms with Gasteiger partial charge in [-0.05, 0) is 6.07 Å². The largest absolute Gasteiger partial charge is 0.394 e. The highest BCUT2D eigenvalue weighted by Gasteiger charge is 2.58. The first-order chi connectivity index (χ1) is 7.70. The van der Waals surface area contributed by atoms with Crippen molar-refractivity contribution in [1.29, 1.82) is 0 Å². The van der Waals surface area contributed by atoms with Crippen molar-refractivity contribution in [1.82, 2.24) is 9.55 Å². The van der Waals surface area contributed by atoms with Gasteiger partial charge in [0.15, 0.2) is 6.23 Å². The van der Waals surface area contributed by atoms with Crippen molar-refractivity contribution in [3.05, 3.63) is 22.7 Å². The molecule has 0 aromatic carbocycles. The number of nitrogens with two attached hydrogens (primary N) is 1. The van der Waals surface area contributed by atoms with Gasteiger partial charge in [-0.25, -0.2) is 4.79 Å². The molecule has 3 rings (SSSR count). The molecule has 0 aliphatic carbocycles. The Kier molecular flexibility index (Phi) is 2.00. The molecule has 0 radical (unpaired) electrons. The van der Waals surface area contributed by atoms with Crippen LogP contribution in [0.15, 0.2) is 17.1 Å². The quantitative estimate of drug-likeness (QED) is 0.593. The number of aliphatic hydroxyl groups excluding tert-OH is 1. The van der Waals surface area contributed by atoms with E-state index in [4.69, 9.17) is 20.3 Å². The molecule has 7 heteroatoms. The van der Waals surface area contributed by atoms with Crippen molar-refractivity contribution < 1.29 is 14.6 Å². The first kappa shape index (κ1) is 9.76. The molecule has 7 nitrogen and oxygen atoms in total. The number of aromatic nitrogens is 2. The van der Waals surface area contributed by atoms with Crippen molar-refractivity contribution in [2.45, 2.75) is 24.5 Å². The van der Waals surface area contributed by atoms with Gasteiger partial charge in [-0.2, -0.15) is 4.98 Å². The minimum absolute atomic E-state index is 0.112. The zero-order valence-corrected chi connectivity index (χ0v) is 8.31. The normalized spacial score (nSPS) is 36.1. The first-order valence-electron chi connectivity index (χ1n) is 4.97. The number of epoxide rings is 1. The summed E-state index contributed by atoms with van der Waals surface area (Å²) in [5, 5.41) is 9.01. The van der Waals surface area contributed by atoms with Crippen LogP contribution < -0.4 is 11.4 Å². The second kappa shape index (κ2) is 3.27. The molecule has 86 valence electrons. The summed E-state index contributed by atoms with van der Waals surface area (Å²) in [6, 6.07) is 1.52. The van der Waals surface area contributed by atoms with Gasteiger partial charge in [0.05, 0.1) is 6.61 Å². The number of anilines is 1. The van der Waals surface area contributed by atoms with Crippen LogP contribution in [0.1, 0.15) is 6.23 Å². The van der Waals surface area contributed by atoms with Gasteiger partial charge < -0.3 is 20.3 Å². The molecule has 2 fully saturated rings. The lowest BCUT2D eigenvalue weighted by atomic mass is 10.2. The smallest absolute Gasteiger partial charge is 0.351 e. The van der Waals surface area contributed by atoms with E-state index in [1.165, 1.54) is 16.8 Å². The summed E-state index contributed by atoms with van der Waals surface area (Å²) in [7, 11) is 0. The zero-order chi connectivity index (χ0) is 11.3. The Bertz CT molecular complexity index is 474. The molecule has 2 saturated heterocycles.